The average Bonchev–Trinajstić information content (AvgIpc) is 3.10. The van der Waals surface area contributed by atoms with Crippen LogP contribution in [0.1, 0.15) is 48.4 Å². The van der Waals surface area contributed by atoms with Crippen molar-refractivity contribution in [1.29, 1.82) is 0 Å². The smallest absolute Gasteiger partial charge is 0.251 e. The third kappa shape index (κ3) is 4.10. The lowest BCUT2D eigenvalue weighted by Gasteiger charge is -2.21. The van der Waals surface area contributed by atoms with Gasteiger partial charge in [-0.1, -0.05) is 36.6 Å². The molecule has 0 atom stereocenters. The van der Waals surface area contributed by atoms with Crippen LogP contribution in [0.4, 0.5) is 0 Å². The Morgan fingerprint density at radius 2 is 2.13 bits per heavy atom. The maximum Gasteiger partial charge on any atom is 0.251 e. The molecule has 0 bridgehead atoms. The van der Waals surface area contributed by atoms with Crippen molar-refractivity contribution in [2.45, 2.75) is 38.0 Å². The molecule has 1 aliphatic rings. The molecule has 0 aliphatic heterocycles. The Morgan fingerprint density at radius 1 is 1.30 bits per heavy atom. The largest absolute Gasteiger partial charge is 0.352 e. The van der Waals surface area contributed by atoms with E-state index in [1.165, 1.54) is 32.1 Å². The van der Waals surface area contributed by atoms with Crippen molar-refractivity contribution in [3.8, 4) is 11.4 Å². The van der Waals surface area contributed by atoms with Gasteiger partial charge in [-0.05, 0) is 30.9 Å². The molecule has 0 saturated heterocycles. The van der Waals surface area contributed by atoms with Gasteiger partial charge in [-0.2, -0.15) is 4.98 Å². The highest BCUT2D eigenvalue weighted by atomic mass is 35.5. The standard InChI is InChI=1S/C17H20ClN3O2/c18-10-15-20-16(21-23-15)13-7-4-8-14(9-13)17(22)19-11-12-5-2-1-3-6-12/h4,7-9,12H,1-3,5-6,10-11H2,(H,19,22). The van der Waals surface area contributed by atoms with Crippen molar-refractivity contribution < 1.29 is 9.32 Å². The Morgan fingerprint density at radius 3 is 2.87 bits per heavy atom. The highest BCUT2D eigenvalue weighted by molar-refractivity contribution is 6.16. The molecule has 23 heavy (non-hydrogen) atoms. The molecule has 3 rings (SSSR count). The number of amides is 1. The van der Waals surface area contributed by atoms with Crippen molar-refractivity contribution in [1.82, 2.24) is 15.5 Å². The van der Waals surface area contributed by atoms with E-state index in [1.54, 1.807) is 12.1 Å². The van der Waals surface area contributed by atoms with Crippen LogP contribution in [0.15, 0.2) is 28.8 Å². The van der Waals surface area contributed by atoms with Crippen LogP contribution in [0.25, 0.3) is 11.4 Å². The van der Waals surface area contributed by atoms with E-state index in [-0.39, 0.29) is 11.8 Å². The van der Waals surface area contributed by atoms with E-state index in [2.05, 4.69) is 15.5 Å². The summed E-state index contributed by atoms with van der Waals surface area (Å²) in [5, 5.41) is 6.91. The second-order valence-electron chi connectivity index (χ2n) is 5.94. The fourth-order valence-corrected chi connectivity index (χ4v) is 3.06. The van der Waals surface area contributed by atoms with Crippen LogP contribution in [0.5, 0.6) is 0 Å². The summed E-state index contributed by atoms with van der Waals surface area (Å²) >= 11 is 5.66. The summed E-state index contributed by atoms with van der Waals surface area (Å²) < 4.78 is 5.00. The van der Waals surface area contributed by atoms with Crippen LogP contribution in [0, 0.1) is 5.92 Å². The summed E-state index contributed by atoms with van der Waals surface area (Å²) in [5.74, 6) is 1.54. The van der Waals surface area contributed by atoms with Gasteiger partial charge >= 0.3 is 0 Å². The summed E-state index contributed by atoms with van der Waals surface area (Å²) in [7, 11) is 0. The fourth-order valence-electron chi connectivity index (χ4n) is 2.96. The van der Waals surface area contributed by atoms with E-state index in [4.69, 9.17) is 16.1 Å². The maximum atomic E-state index is 12.3. The number of hydrogen-bond donors (Lipinski definition) is 1. The molecule has 1 saturated carbocycles. The summed E-state index contributed by atoms with van der Waals surface area (Å²) in [6, 6.07) is 7.24. The van der Waals surface area contributed by atoms with E-state index >= 15 is 0 Å². The van der Waals surface area contributed by atoms with Crippen molar-refractivity contribution in [2.75, 3.05) is 6.54 Å². The number of hydrogen-bond acceptors (Lipinski definition) is 4. The maximum absolute atomic E-state index is 12.3. The first kappa shape index (κ1) is 16.0. The lowest BCUT2D eigenvalue weighted by Crippen LogP contribution is -2.30. The number of aromatic nitrogens is 2. The average molecular weight is 334 g/mol. The molecule has 0 spiro atoms. The molecule has 2 aromatic rings. The van der Waals surface area contributed by atoms with Gasteiger partial charge in [0.15, 0.2) is 0 Å². The van der Waals surface area contributed by atoms with E-state index in [9.17, 15) is 4.79 Å². The lowest BCUT2D eigenvalue weighted by atomic mass is 9.89. The zero-order valence-corrected chi connectivity index (χ0v) is 13.7. The summed E-state index contributed by atoms with van der Waals surface area (Å²) in [6.45, 7) is 0.752. The van der Waals surface area contributed by atoms with Gasteiger partial charge in [0, 0.05) is 17.7 Å². The van der Waals surface area contributed by atoms with Crippen LogP contribution in [0.2, 0.25) is 0 Å². The molecule has 1 aliphatic carbocycles. The second-order valence-corrected chi connectivity index (χ2v) is 6.21. The van der Waals surface area contributed by atoms with Gasteiger partial charge in [0.1, 0.15) is 5.88 Å². The van der Waals surface area contributed by atoms with Gasteiger partial charge in [0.25, 0.3) is 5.91 Å². The van der Waals surface area contributed by atoms with Crippen molar-refractivity contribution in [3.63, 3.8) is 0 Å². The van der Waals surface area contributed by atoms with Gasteiger partial charge in [-0.15, -0.1) is 11.6 Å². The number of halogens is 1. The number of nitrogens with zero attached hydrogens (tertiary/aromatic N) is 2. The van der Waals surface area contributed by atoms with E-state index in [0.717, 1.165) is 12.1 Å². The van der Waals surface area contributed by atoms with Crippen LogP contribution >= 0.6 is 11.6 Å². The first-order valence-electron chi connectivity index (χ1n) is 8.03. The molecule has 1 aromatic carbocycles. The molecule has 1 heterocycles. The molecule has 1 N–H and O–H groups in total. The first-order valence-corrected chi connectivity index (χ1v) is 8.57. The fraction of sp³-hybridized carbons (Fsp3) is 0.471. The molecular formula is C17H20ClN3O2. The number of carbonyl (C=O) groups excluding carboxylic acids is 1. The minimum absolute atomic E-state index is 0.0570. The molecule has 1 amide bonds. The van der Waals surface area contributed by atoms with Gasteiger partial charge in [0.2, 0.25) is 11.7 Å². The monoisotopic (exact) mass is 333 g/mol. The highest BCUT2D eigenvalue weighted by Crippen LogP contribution is 2.23. The summed E-state index contributed by atoms with van der Waals surface area (Å²) in [6.07, 6.45) is 6.30. The Hall–Kier alpha value is -1.88. The molecule has 0 unspecified atom stereocenters. The lowest BCUT2D eigenvalue weighted by molar-refractivity contribution is 0.0943. The number of benzene rings is 1. The predicted octanol–water partition coefficient (Wildman–Crippen LogP) is 3.79. The SMILES string of the molecule is O=C(NCC1CCCCC1)c1cccc(-c2noc(CCl)n2)c1. The highest BCUT2D eigenvalue weighted by Gasteiger charge is 2.16. The first-order chi connectivity index (χ1) is 11.3. The zero-order valence-electron chi connectivity index (χ0n) is 12.9. The number of nitrogens with one attached hydrogen (secondary N) is 1. The van der Waals surface area contributed by atoms with Crippen molar-refractivity contribution >= 4 is 17.5 Å². The quantitative estimate of drug-likeness (QED) is 0.845. The number of alkyl halides is 1. The van der Waals surface area contributed by atoms with Gasteiger partial charge in [0.05, 0.1) is 0 Å². The molecule has 122 valence electrons. The Balaban J connectivity index is 1.65. The van der Waals surface area contributed by atoms with Gasteiger partial charge in [-0.25, -0.2) is 0 Å². The normalized spacial score (nSPS) is 15.5. The molecule has 1 aromatic heterocycles. The Labute approximate surface area is 140 Å². The van der Waals surface area contributed by atoms with Crippen LogP contribution in [0.3, 0.4) is 0 Å². The van der Waals surface area contributed by atoms with E-state index < -0.39 is 0 Å². The summed E-state index contributed by atoms with van der Waals surface area (Å²) in [5.41, 5.74) is 1.35. The van der Waals surface area contributed by atoms with Crippen molar-refractivity contribution in [3.05, 3.63) is 35.7 Å². The van der Waals surface area contributed by atoms with E-state index in [0.29, 0.717) is 23.2 Å². The third-order valence-corrected chi connectivity index (χ3v) is 4.47. The van der Waals surface area contributed by atoms with Gasteiger partial charge < -0.3 is 9.84 Å². The van der Waals surface area contributed by atoms with Crippen molar-refractivity contribution in [2.24, 2.45) is 5.92 Å². The molecule has 5 nitrogen and oxygen atoms in total. The Kier molecular flexibility index (Phi) is 5.28. The van der Waals surface area contributed by atoms with Crippen LogP contribution in [-0.2, 0) is 5.88 Å². The van der Waals surface area contributed by atoms with Gasteiger partial charge in [-0.3, -0.25) is 4.79 Å². The minimum Gasteiger partial charge on any atom is -0.352 e. The topological polar surface area (TPSA) is 68.0 Å². The van der Waals surface area contributed by atoms with Crippen LogP contribution in [-0.4, -0.2) is 22.6 Å². The predicted molar refractivity (Wildman–Crippen MR) is 88.2 cm³/mol. The Bertz CT molecular complexity index is 665. The number of rotatable bonds is 5. The molecular weight excluding hydrogens is 314 g/mol. The minimum atomic E-state index is -0.0570. The van der Waals surface area contributed by atoms with Crippen LogP contribution < -0.4 is 5.32 Å². The zero-order chi connectivity index (χ0) is 16.1. The summed E-state index contributed by atoms with van der Waals surface area (Å²) in [4.78, 5) is 16.5. The number of carbonyl (C=O) groups is 1. The third-order valence-electron chi connectivity index (χ3n) is 4.24. The van der Waals surface area contributed by atoms with E-state index in [1.807, 2.05) is 12.1 Å². The molecule has 6 heteroatoms. The molecule has 1 fully saturated rings. The second kappa shape index (κ2) is 7.59. The molecule has 0 radical (unpaired) electrons.